The number of aromatic nitrogens is 2. The van der Waals surface area contributed by atoms with E-state index in [2.05, 4.69) is 25.5 Å². The van der Waals surface area contributed by atoms with E-state index in [1.165, 1.54) is 7.11 Å². The van der Waals surface area contributed by atoms with Gasteiger partial charge in [0.05, 0.1) is 11.6 Å². The minimum Gasteiger partial charge on any atom is -0.464 e. The summed E-state index contributed by atoms with van der Waals surface area (Å²) in [6.07, 6.45) is 1.91. The van der Waals surface area contributed by atoms with Gasteiger partial charge in [-0.15, -0.1) is 0 Å². The van der Waals surface area contributed by atoms with E-state index in [9.17, 15) is 9.18 Å². The van der Waals surface area contributed by atoms with Crippen LogP contribution in [0, 0.1) is 12.7 Å². The van der Waals surface area contributed by atoms with Gasteiger partial charge in [-0.05, 0) is 59.3 Å². The van der Waals surface area contributed by atoms with Gasteiger partial charge in [-0.2, -0.15) is 0 Å². The van der Waals surface area contributed by atoms with Crippen molar-refractivity contribution in [2.75, 3.05) is 7.11 Å². The highest BCUT2D eigenvalue weighted by Crippen LogP contribution is 2.53. The van der Waals surface area contributed by atoms with Crippen LogP contribution in [-0.4, -0.2) is 22.6 Å². The number of nitrogens with zero attached hydrogens (tertiary/aromatic N) is 2. The smallest absolute Gasteiger partial charge is 0.358 e. The summed E-state index contributed by atoms with van der Waals surface area (Å²) in [6, 6.07) is 3.68. The van der Waals surface area contributed by atoms with E-state index < -0.39 is 5.97 Å². The van der Waals surface area contributed by atoms with Gasteiger partial charge >= 0.3 is 5.97 Å². The molecule has 0 saturated heterocycles. The van der Waals surface area contributed by atoms with E-state index in [0.717, 1.165) is 35.5 Å². The van der Waals surface area contributed by atoms with Crippen molar-refractivity contribution in [1.82, 2.24) is 9.55 Å². The highest BCUT2D eigenvalue weighted by atomic mass is 79.9. The molecule has 3 heterocycles. The van der Waals surface area contributed by atoms with Crippen LogP contribution in [0.2, 0.25) is 0 Å². The molecule has 0 atom stereocenters. The maximum atomic E-state index is 13.9. The van der Waals surface area contributed by atoms with Crippen LogP contribution in [0.25, 0.3) is 11.4 Å². The molecule has 0 spiro atoms. The number of hydrogen-bond donors (Lipinski definition) is 0. The Labute approximate surface area is 135 Å². The average molecular weight is 365 g/mol. The molecule has 1 aromatic carbocycles. The van der Waals surface area contributed by atoms with Crippen LogP contribution in [0.3, 0.4) is 0 Å². The number of ether oxygens (including phenoxy) is 1. The second kappa shape index (κ2) is 4.65. The Bertz CT molecular complexity index is 809. The maximum absolute atomic E-state index is 13.9. The van der Waals surface area contributed by atoms with Crippen LogP contribution in [-0.2, 0) is 4.74 Å². The maximum Gasteiger partial charge on any atom is 0.358 e. The number of methoxy groups -OCH3 is 1. The first-order valence-electron chi connectivity index (χ1n) is 7.17. The quantitative estimate of drug-likeness (QED) is 0.718. The monoisotopic (exact) mass is 364 g/mol. The molecule has 4 nitrogen and oxygen atoms in total. The second-order valence-electron chi connectivity index (χ2n) is 5.91. The molecule has 22 heavy (non-hydrogen) atoms. The van der Waals surface area contributed by atoms with Crippen molar-refractivity contribution in [2.45, 2.75) is 31.7 Å². The molecule has 0 unspecified atom stereocenters. The molecule has 0 radical (unpaired) electrons. The molecule has 1 saturated carbocycles. The predicted octanol–water partition coefficient (Wildman–Crippen LogP) is 3.98. The molecule has 1 aliphatic carbocycles. The number of halogens is 2. The SMILES string of the molecule is COC(=O)c1nc2n(c1C)C1CC(C1)c1cc(F)c(Br)cc1-2. The van der Waals surface area contributed by atoms with Crippen molar-refractivity contribution in [3.63, 3.8) is 0 Å². The molecular weight excluding hydrogens is 351 g/mol. The number of hydrogen-bond acceptors (Lipinski definition) is 3. The fourth-order valence-corrected chi connectivity index (χ4v) is 3.93. The van der Waals surface area contributed by atoms with Crippen molar-refractivity contribution in [3.05, 3.63) is 39.4 Å². The lowest BCUT2D eigenvalue weighted by Gasteiger charge is -2.35. The number of rotatable bonds is 1. The molecule has 0 N–H and O–H groups in total. The van der Waals surface area contributed by atoms with E-state index in [-0.39, 0.29) is 5.82 Å². The lowest BCUT2D eigenvalue weighted by Crippen LogP contribution is -2.24. The highest BCUT2D eigenvalue weighted by Gasteiger charge is 2.41. The summed E-state index contributed by atoms with van der Waals surface area (Å²) in [4.78, 5) is 16.4. The predicted molar refractivity (Wildman–Crippen MR) is 82.4 cm³/mol. The van der Waals surface area contributed by atoms with E-state index in [1.54, 1.807) is 12.1 Å². The minimum atomic E-state index is -0.434. The standard InChI is InChI=1S/C16H14BrFN2O2/c1-7-14(16(21)22-2)19-15-11-5-12(17)13(18)6-10(11)8-3-9(4-8)20(7)15/h5-6,8-9H,3-4H2,1-2H3. The van der Waals surface area contributed by atoms with Gasteiger partial charge in [0, 0.05) is 17.3 Å². The molecule has 2 aromatic rings. The molecular formula is C16H14BrFN2O2. The number of carbonyl (C=O) groups is 1. The summed E-state index contributed by atoms with van der Waals surface area (Å²) in [6.45, 7) is 1.89. The zero-order valence-corrected chi connectivity index (χ0v) is 13.8. The first-order valence-corrected chi connectivity index (χ1v) is 7.97. The van der Waals surface area contributed by atoms with Gasteiger partial charge in [0.2, 0.25) is 0 Å². The molecule has 1 fully saturated rings. The third-order valence-corrected chi connectivity index (χ3v) is 5.39. The van der Waals surface area contributed by atoms with Crippen molar-refractivity contribution in [1.29, 1.82) is 0 Å². The van der Waals surface area contributed by atoms with Gasteiger partial charge in [0.25, 0.3) is 0 Å². The molecule has 2 bridgehead atoms. The Balaban J connectivity index is 2.01. The molecule has 0 amide bonds. The zero-order chi connectivity index (χ0) is 15.6. The van der Waals surface area contributed by atoms with Gasteiger partial charge in [-0.3, -0.25) is 0 Å². The van der Waals surface area contributed by atoms with Gasteiger partial charge in [-0.1, -0.05) is 0 Å². The van der Waals surface area contributed by atoms with Crippen LogP contribution in [0.5, 0.6) is 0 Å². The van der Waals surface area contributed by atoms with Gasteiger partial charge in [0.1, 0.15) is 11.6 Å². The van der Waals surface area contributed by atoms with Crippen LogP contribution in [0.15, 0.2) is 16.6 Å². The van der Waals surface area contributed by atoms with Crippen molar-refractivity contribution in [3.8, 4) is 11.4 Å². The lowest BCUT2D eigenvalue weighted by atomic mass is 9.75. The Morgan fingerprint density at radius 2 is 2.18 bits per heavy atom. The van der Waals surface area contributed by atoms with Crippen LogP contribution >= 0.6 is 15.9 Å². The summed E-state index contributed by atoms with van der Waals surface area (Å²) >= 11 is 3.25. The Hall–Kier alpha value is -1.69. The Kier molecular flexibility index (Phi) is 2.95. The van der Waals surface area contributed by atoms with Crippen molar-refractivity contribution < 1.29 is 13.9 Å². The summed E-state index contributed by atoms with van der Waals surface area (Å²) in [5.41, 5.74) is 3.04. The van der Waals surface area contributed by atoms with Crippen molar-refractivity contribution in [2.24, 2.45) is 0 Å². The molecule has 2 aliphatic heterocycles. The van der Waals surface area contributed by atoms with Crippen LogP contribution < -0.4 is 0 Å². The number of benzene rings is 1. The lowest BCUT2D eigenvalue weighted by molar-refractivity contribution is 0.0593. The molecule has 114 valence electrons. The Morgan fingerprint density at radius 1 is 1.45 bits per heavy atom. The first-order chi connectivity index (χ1) is 10.5. The largest absolute Gasteiger partial charge is 0.464 e. The normalized spacial score (nSPS) is 21.5. The highest BCUT2D eigenvalue weighted by molar-refractivity contribution is 9.10. The minimum absolute atomic E-state index is 0.257. The third-order valence-electron chi connectivity index (χ3n) is 4.78. The molecule has 1 aromatic heterocycles. The molecule has 5 rings (SSSR count). The van der Waals surface area contributed by atoms with E-state index in [4.69, 9.17) is 4.74 Å². The van der Waals surface area contributed by atoms with Gasteiger partial charge < -0.3 is 9.30 Å². The summed E-state index contributed by atoms with van der Waals surface area (Å²) < 4.78 is 21.3. The first kappa shape index (κ1) is 13.9. The van der Waals surface area contributed by atoms with E-state index in [0.29, 0.717) is 22.1 Å². The van der Waals surface area contributed by atoms with Crippen LogP contribution in [0.4, 0.5) is 4.39 Å². The number of esters is 1. The van der Waals surface area contributed by atoms with Crippen molar-refractivity contribution >= 4 is 21.9 Å². The molecule has 3 aliphatic rings. The van der Waals surface area contributed by atoms with Gasteiger partial charge in [0.15, 0.2) is 5.69 Å². The summed E-state index contributed by atoms with van der Waals surface area (Å²) in [5.74, 6) is 0.410. The molecule has 6 heteroatoms. The zero-order valence-electron chi connectivity index (χ0n) is 12.2. The van der Waals surface area contributed by atoms with E-state index >= 15 is 0 Å². The topological polar surface area (TPSA) is 44.1 Å². The fraction of sp³-hybridized carbons (Fsp3) is 0.375. The third kappa shape index (κ3) is 1.73. The second-order valence-corrected chi connectivity index (χ2v) is 6.76. The number of imidazole rings is 1. The summed E-state index contributed by atoms with van der Waals surface area (Å²) in [5, 5.41) is 0. The van der Waals surface area contributed by atoms with E-state index in [1.807, 2.05) is 6.92 Å². The Morgan fingerprint density at radius 3 is 2.86 bits per heavy atom. The average Bonchev–Trinajstić information content (AvgIpc) is 2.65. The number of carbonyl (C=O) groups excluding carboxylic acids is 1. The van der Waals surface area contributed by atoms with Gasteiger partial charge in [-0.25, -0.2) is 14.2 Å². The van der Waals surface area contributed by atoms with Crippen LogP contribution in [0.1, 0.15) is 46.5 Å². The fourth-order valence-electron chi connectivity index (χ4n) is 3.59. The summed E-state index contributed by atoms with van der Waals surface area (Å²) in [7, 11) is 1.35.